The molecule has 0 saturated carbocycles. The maximum absolute atomic E-state index is 4.34. The molecule has 0 aromatic carbocycles. The molecule has 0 amide bonds. The Hall–Kier alpha value is -0.760. The van der Waals surface area contributed by atoms with Crippen molar-refractivity contribution >= 4 is 11.8 Å². The summed E-state index contributed by atoms with van der Waals surface area (Å²) in [6.07, 6.45) is 8.27. The van der Waals surface area contributed by atoms with E-state index in [1.165, 1.54) is 25.0 Å². The third-order valence-electron chi connectivity index (χ3n) is 2.70. The number of allylic oxidation sites excluding steroid dienone is 1. The average molecular weight is 219 g/mol. The van der Waals surface area contributed by atoms with Crippen molar-refractivity contribution in [3.63, 3.8) is 0 Å². The lowest BCUT2D eigenvalue weighted by molar-refractivity contribution is 0.711. The van der Waals surface area contributed by atoms with Gasteiger partial charge in [-0.3, -0.25) is 4.98 Å². The van der Waals surface area contributed by atoms with Crippen molar-refractivity contribution in [2.24, 2.45) is 0 Å². The zero-order valence-corrected chi connectivity index (χ0v) is 9.96. The summed E-state index contributed by atoms with van der Waals surface area (Å²) in [5.74, 6) is 1.04. The molecule has 80 valence electrons. The molecule has 0 N–H and O–H groups in total. The molecule has 0 spiro atoms. The summed E-state index contributed by atoms with van der Waals surface area (Å²) in [4.78, 5) is 4.34. The summed E-state index contributed by atoms with van der Waals surface area (Å²) >= 11 is 2.02. The Morgan fingerprint density at radius 1 is 1.47 bits per heavy atom. The molecule has 0 aliphatic heterocycles. The van der Waals surface area contributed by atoms with Gasteiger partial charge in [-0.15, -0.1) is 11.8 Å². The second kappa shape index (κ2) is 5.36. The lowest BCUT2D eigenvalue weighted by Gasteiger charge is -2.18. The fourth-order valence-corrected chi connectivity index (χ4v) is 3.09. The van der Waals surface area contributed by atoms with Crippen LogP contribution in [0.25, 0.3) is 0 Å². The third-order valence-corrected chi connectivity index (χ3v) is 3.96. The molecule has 1 aromatic heterocycles. The number of hydrogen-bond donors (Lipinski definition) is 0. The molecule has 1 heterocycles. The number of hydrogen-bond acceptors (Lipinski definition) is 2. The van der Waals surface area contributed by atoms with Gasteiger partial charge < -0.3 is 0 Å². The highest BCUT2D eigenvalue weighted by molar-refractivity contribution is 7.99. The zero-order valence-electron chi connectivity index (χ0n) is 9.15. The van der Waals surface area contributed by atoms with Gasteiger partial charge in [0.15, 0.2) is 0 Å². The van der Waals surface area contributed by atoms with Crippen LogP contribution in [0.4, 0.5) is 0 Å². The predicted molar refractivity (Wildman–Crippen MR) is 66.9 cm³/mol. The molecule has 0 fully saturated rings. The largest absolute Gasteiger partial charge is 0.260 e. The third kappa shape index (κ3) is 3.38. The lowest BCUT2D eigenvalue weighted by atomic mass is 10.0. The highest BCUT2D eigenvalue weighted by Crippen LogP contribution is 2.28. The summed E-state index contributed by atoms with van der Waals surface area (Å²) in [7, 11) is 0. The second-order valence-electron chi connectivity index (χ2n) is 4.08. The van der Waals surface area contributed by atoms with Crippen molar-refractivity contribution in [1.82, 2.24) is 4.98 Å². The molecule has 0 saturated heterocycles. The van der Waals surface area contributed by atoms with Gasteiger partial charge in [0.2, 0.25) is 0 Å². The average Bonchev–Trinajstić information content (AvgIpc) is 2.28. The first-order chi connectivity index (χ1) is 7.34. The minimum Gasteiger partial charge on any atom is -0.260 e. The van der Waals surface area contributed by atoms with Gasteiger partial charge in [-0.25, -0.2) is 0 Å². The van der Waals surface area contributed by atoms with E-state index < -0.39 is 0 Å². The van der Waals surface area contributed by atoms with Gasteiger partial charge in [-0.1, -0.05) is 17.7 Å². The minimum atomic E-state index is 0.709. The highest BCUT2D eigenvalue weighted by Gasteiger charge is 2.11. The van der Waals surface area contributed by atoms with Crippen molar-refractivity contribution in [3.05, 3.63) is 41.7 Å². The van der Waals surface area contributed by atoms with Crippen LogP contribution in [-0.2, 0) is 5.75 Å². The van der Waals surface area contributed by atoms with Crippen LogP contribution in [0.3, 0.4) is 0 Å². The van der Waals surface area contributed by atoms with Crippen molar-refractivity contribution in [3.8, 4) is 0 Å². The van der Waals surface area contributed by atoms with Gasteiger partial charge in [0, 0.05) is 17.2 Å². The van der Waals surface area contributed by atoms with Crippen LogP contribution in [-0.4, -0.2) is 10.2 Å². The Morgan fingerprint density at radius 3 is 3.13 bits per heavy atom. The summed E-state index contributed by atoms with van der Waals surface area (Å²) in [6, 6.07) is 6.13. The maximum atomic E-state index is 4.34. The normalized spacial score (nSPS) is 21.1. The van der Waals surface area contributed by atoms with Crippen molar-refractivity contribution in [1.29, 1.82) is 0 Å². The Balaban J connectivity index is 1.86. The van der Waals surface area contributed by atoms with E-state index in [2.05, 4.69) is 30.1 Å². The molecule has 1 unspecified atom stereocenters. The molecule has 1 nitrogen and oxygen atoms in total. The molecule has 2 heteroatoms. The van der Waals surface area contributed by atoms with Crippen molar-refractivity contribution < 1.29 is 0 Å². The van der Waals surface area contributed by atoms with Gasteiger partial charge in [0.1, 0.15) is 0 Å². The number of thioether (sulfide) groups is 1. The van der Waals surface area contributed by atoms with Crippen LogP contribution < -0.4 is 0 Å². The molecular weight excluding hydrogens is 202 g/mol. The summed E-state index contributed by atoms with van der Waals surface area (Å²) in [6.45, 7) is 2.24. The topological polar surface area (TPSA) is 12.9 Å². The standard InChI is InChI=1S/C13H17NS/c1-11-5-4-7-13(9-11)15-10-12-6-2-3-8-14-12/h2-3,6,8-9,13H,4-5,7,10H2,1H3. The Labute approximate surface area is 96.0 Å². The van der Waals surface area contributed by atoms with Gasteiger partial charge in [-0.05, 0) is 38.3 Å². The Kier molecular flexibility index (Phi) is 3.84. The minimum absolute atomic E-state index is 0.709. The second-order valence-corrected chi connectivity index (χ2v) is 5.30. The van der Waals surface area contributed by atoms with Crippen molar-refractivity contribution in [2.75, 3.05) is 0 Å². The molecule has 2 rings (SSSR count). The Bertz CT molecular complexity index is 332. The van der Waals surface area contributed by atoms with E-state index in [4.69, 9.17) is 0 Å². The molecule has 1 atom stereocenters. The first-order valence-electron chi connectivity index (χ1n) is 5.53. The van der Waals surface area contributed by atoms with Crippen LogP contribution in [0.5, 0.6) is 0 Å². The number of aromatic nitrogens is 1. The van der Waals surface area contributed by atoms with E-state index in [0.717, 1.165) is 5.75 Å². The van der Waals surface area contributed by atoms with E-state index >= 15 is 0 Å². The molecule has 0 bridgehead atoms. The number of rotatable bonds is 3. The fraction of sp³-hybridized carbons (Fsp3) is 0.462. The Morgan fingerprint density at radius 2 is 2.40 bits per heavy atom. The monoisotopic (exact) mass is 219 g/mol. The van der Waals surface area contributed by atoms with Gasteiger partial charge >= 0.3 is 0 Å². The van der Waals surface area contributed by atoms with E-state index in [-0.39, 0.29) is 0 Å². The molecule has 0 radical (unpaired) electrons. The maximum Gasteiger partial charge on any atom is 0.0502 e. The molecule has 15 heavy (non-hydrogen) atoms. The van der Waals surface area contributed by atoms with E-state index in [1.807, 2.05) is 24.0 Å². The highest BCUT2D eigenvalue weighted by atomic mass is 32.2. The summed E-state index contributed by atoms with van der Waals surface area (Å²) < 4.78 is 0. The number of pyridine rings is 1. The zero-order chi connectivity index (χ0) is 10.5. The first kappa shape index (κ1) is 10.7. The number of nitrogens with zero attached hydrogens (tertiary/aromatic N) is 1. The van der Waals surface area contributed by atoms with Crippen LogP contribution >= 0.6 is 11.8 Å². The molecule has 1 aliphatic carbocycles. The van der Waals surface area contributed by atoms with Gasteiger partial charge in [0.05, 0.1) is 5.69 Å². The molecule has 1 aliphatic rings. The van der Waals surface area contributed by atoms with Crippen molar-refractivity contribution in [2.45, 2.75) is 37.2 Å². The van der Waals surface area contributed by atoms with Gasteiger partial charge in [0.25, 0.3) is 0 Å². The lowest BCUT2D eigenvalue weighted by Crippen LogP contribution is -2.05. The fourth-order valence-electron chi connectivity index (χ4n) is 1.87. The van der Waals surface area contributed by atoms with Crippen LogP contribution in [0.2, 0.25) is 0 Å². The van der Waals surface area contributed by atoms with Crippen LogP contribution in [0.15, 0.2) is 36.0 Å². The predicted octanol–water partition coefficient (Wildman–Crippen LogP) is 3.81. The smallest absolute Gasteiger partial charge is 0.0502 e. The SMILES string of the molecule is CC1=CC(SCc2ccccn2)CCC1. The summed E-state index contributed by atoms with van der Waals surface area (Å²) in [5, 5.41) is 0.709. The van der Waals surface area contributed by atoms with Crippen LogP contribution in [0, 0.1) is 0 Å². The van der Waals surface area contributed by atoms with E-state index in [1.54, 1.807) is 5.57 Å². The van der Waals surface area contributed by atoms with Crippen LogP contribution in [0.1, 0.15) is 31.9 Å². The van der Waals surface area contributed by atoms with E-state index in [9.17, 15) is 0 Å². The molecular formula is C13H17NS. The molecule has 1 aromatic rings. The van der Waals surface area contributed by atoms with E-state index in [0.29, 0.717) is 5.25 Å². The first-order valence-corrected chi connectivity index (χ1v) is 6.58. The summed E-state index contributed by atoms with van der Waals surface area (Å²) in [5.41, 5.74) is 2.75. The quantitative estimate of drug-likeness (QED) is 0.717. The van der Waals surface area contributed by atoms with Gasteiger partial charge in [-0.2, -0.15) is 0 Å².